The van der Waals surface area contributed by atoms with Gasteiger partial charge >= 0.3 is 0 Å². The van der Waals surface area contributed by atoms with E-state index in [2.05, 4.69) is 5.32 Å². The van der Waals surface area contributed by atoms with Crippen molar-refractivity contribution in [3.63, 3.8) is 0 Å². The fraction of sp³-hybridized carbons (Fsp3) is 0.611. The van der Waals surface area contributed by atoms with Gasteiger partial charge in [-0.1, -0.05) is 19.3 Å². The minimum Gasteiger partial charge on any atom is -0.486 e. The number of carbonyl (C=O) groups is 1. The molecular weight excluding hydrogens is 356 g/mol. The summed E-state index contributed by atoms with van der Waals surface area (Å²) in [4.78, 5) is 12.7. The van der Waals surface area contributed by atoms with Crippen LogP contribution in [0.25, 0.3) is 0 Å². The molecule has 0 spiro atoms. The zero-order valence-corrected chi connectivity index (χ0v) is 16.0. The van der Waals surface area contributed by atoms with Crippen LogP contribution in [0.2, 0.25) is 0 Å². The molecule has 2 aliphatic rings. The highest BCUT2D eigenvalue weighted by Crippen LogP contribution is 2.35. The summed E-state index contributed by atoms with van der Waals surface area (Å²) in [5.74, 6) is 0.785. The number of nitrogens with zero attached hydrogens (tertiary/aromatic N) is 1. The van der Waals surface area contributed by atoms with Crippen LogP contribution in [0.15, 0.2) is 18.2 Å². The summed E-state index contributed by atoms with van der Waals surface area (Å²) in [7, 11) is -3.65. The Kier molecular flexibility index (Phi) is 5.60. The molecule has 8 heteroatoms. The minimum atomic E-state index is -3.65. The van der Waals surface area contributed by atoms with Crippen molar-refractivity contribution in [3.05, 3.63) is 18.2 Å². The van der Waals surface area contributed by atoms with Gasteiger partial charge in [0.1, 0.15) is 19.3 Å². The number of anilines is 1. The van der Waals surface area contributed by atoms with Crippen molar-refractivity contribution in [3.8, 4) is 11.5 Å². The molecule has 1 atom stereocenters. The van der Waals surface area contributed by atoms with Gasteiger partial charge in [-0.05, 0) is 31.9 Å². The van der Waals surface area contributed by atoms with Crippen molar-refractivity contribution in [1.29, 1.82) is 0 Å². The van der Waals surface area contributed by atoms with E-state index >= 15 is 0 Å². The predicted octanol–water partition coefficient (Wildman–Crippen LogP) is 2.06. The van der Waals surface area contributed by atoms with Crippen LogP contribution in [0.1, 0.15) is 39.0 Å². The van der Waals surface area contributed by atoms with Crippen molar-refractivity contribution in [1.82, 2.24) is 5.32 Å². The van der Waals surface area contributed by atoms with Gasteiger partial charge in [-0.25, -0.2) is 8.42 Å². The Morgan fingerprint density at radius 3 is 2.46 bits per heavy atom. The zero-order valence-electron chi connectivity index (χ0n) is 15.2. The molecule has 26 heavy (non-hydrogen) atoms. The highest BCUT2D eigenvalue weighted by molar-refractivity contribution is 7.92. The summed E-state index contributed by atoms with van der Waals surface area (Å²) < 4.78 is 37.0. The lowest BCUT2D eigenvalue weighted by Crippen LogP contribution is -2.50. The Morgan fingerprint density at radius 2 is 1.81 bits per heavy atom. The van der Waals surface area contributed by atoms with Gasteiger partial charge < -0.3 is 14.8 Å². The first-order chi connectivity index (χ1) is 12.4. The van der Waals surface area contributed by atoms with E-state index in [0.29, 0.717) is 30.4 Å². The molecule has 1 N–H and O–H groups in total. The molecule has 3 rings (SSSR count). The fourth-order valence-corrected chi connectivity index (χ4v) is 4.71. The number of amides is 1. The first kappa shape index (κ1) is 18.8. The number of carbonyl (C=O) groups excluding carboxylic acids is 1. The van der Waals surface area contributed by atoms with Crippen LogP contribution in [0.4, 0.5) is 5.69 Å². The van der Waals surface area contributed by atoms with Gasteiger partial charge in [-0.2, -0.15) is 0 Å². The average molecular weight is 382 g/mol. The lowest BCUT2D eigenvalue weighted by Gasteiger charge is -2.31. The summed E-state index contributed by atoms with van der Waals surface area (Å²) in [6, 6.07) is 4.20. The molecule has 1 amide bonds. The Labute approximate surface area is 154 Å². The number of hydrogen-bond acceptors (Lipinski definition) is 5. The molecule has 1 heterocycles. The number of nitrogens with one attached hydrogen (secondary N) is 1. The molecule has 0 radical (unpaired) electrons. The van der Waals surface area contributed by atoms with Gasteiger partial charge in [0.15, 0.2) is 11.5 Å². The average Bonchev–Trinajstić information content (AvgIpc) is 2.61. The molecular formula is C18H26N2O5S. The molecule has 1 aliphatic heterocycles. The number of ether oxygens (including phenoxy) is 2. The van der Waals surface area contributed by atoms with Crippen LogP contribution in [0.3, 0.4) is 0 Å². The van der Waals surface area contributed by atoms with E-state index in [0.717, 1.165) is 36.2 Å². The quantitative estimate of drug-likeness (QED) is 0.843. The lowest BCUT2D eigenvalue weighted by atomic mass is 9.95. The molecule has 1 fully saturated rings. The molecule has 0 saturated heterocycles. The Morgan fingerprint density at radius 1 is 1.15 bits per heavy atom. The van der Waals surface area contributed by atoms with Gasteiger partial charge in [0.25, 0.3) is 0 Å². The third kappa shape index (κ3) is 4.23. The SMILES string of the molecule is C[C@@H](C(=O)NC1CCCCC1)N(c1ccc2c(c1)OCCO2)S(C)(=O)=O. The summed E-state index contributed by atoms with van der Waals surface area (Å²) in [6.07, 6.45) is 6.38. The van der Waals surface area contributed by atoms with Crippen molar-refractivity contribution in [2.75, 3.05) is 23.8 Å². The molecule has 144 valence electrons. The van der Waals surface area contributed by atoms with Crippen molar-refractivity contribution in [2.24, 2.45) is 0 Å². The van der Waals surface area contributed by atoms with Crippen molar-refractivity contribution < 1.29 is 22.7 Å². The predicted molar refractivity (Wildman–Crippen MR) is 99.2 cm³/mol. The summed E-state index contributed by atoms with van der Waals surface area (Å²) in [6.45, 7) is 2.48. The van der Waals surface area contributed by atoms with E-state index in [9.17, 15) is 13.2 Å². The number of benzene rings is 1. The van der Waals surface area contributed by atoms with Crippen LogP contribution in [0, 0.1) is 0 Å². The molecule has 1 aliphatic carbocycles. The molecule has 1 aromatic rings. The van der Waals surface area contributed by atoms with Crippen LogP contribution < -0.4 is 19.1 Å². The molecule has 0 bridgehead atoms. The summed E-state index contributed by atoms with van der Waals surface area (Å²) in [5.41, 5.74) is 0.392. The first-order valence-corrected chi connectivity index (χ1v) is 10.9. The van der Waals surface area contributed by atoms with E-state index in [-0.39, 0.29) is 11.9 Å². The van der Waals surface area contributed by atoms with Crippen LogP contribution >= 0.6 is 0 Å². The maximum absolute atomic E-state index is 12.7. The van der Waals surface area contributed by atoms with Gasteiger partial charge in [0.2, 0.25) is 15.9 Å². The number of fused-ring (bicyclic) bond motifs is 1. The highest BCUT2D eigenvalue weighted by Gasteiger charge is 2.31. The van der Waals surface area contributed by atoms with E-state index in [4.69, 9.17) is 9.47 Å². The lowest BCUT2D eigenvalue weighted by molar-refractivity contribution is -0.122. The normalized spacial score (nSPS) is 18.8. The van der Waals surface area contributed by atoms with Gasteiger partial charge in [-0.15, -0.1) is 0 Å². The van der Waals surface area contributed by atoms with E-state index in [1.807, 2.05) is 0 Å². The van der Waals surface area contributed by atoms with E-state index < -0.39 is 16.1 Å². The monoisotopic (exact) mass is 382 g/mol. The maximum Gasteiger partial charge on any atom is 0.243 e. The topological polar surface area (TPSA) is 84.9 Å². The second-order valence-electron chi connectivity index (χ2n) is 6.91. The molecule has 1 aromatic carbocycles. The third-order valence-electron chi connectivity index (χ3n) is 4.82. The third-order valence-corrected chi connectivity index (χ3v) is 6.06. The Hall–Kier alpha value is -1.96. The molecule has 7 nitrogen and oxygen atoms in total. The maximum atomic E-state index is 12.7. The zero-order chi connectivity index (χ0) is 18.7. The second kappa shape index (κ2) is 7.73. The summed E-state index contributed by atoms with van der Waals surface area (Å²) >= 11 is 0. The van der Waals surface area contributed by atoms with E-state index in [1.165, 1.54) is 6.42 Å². The molecule has 0 aromatic heterocycles. The van der Waals surface area contributed by atoms with Crippen molar-refractivity contribution >= 4 is 21.6 Å². The second-order valence-corrected chi connectivity index (χ2v) is 8.77. The van der Waals surface area contributed by atoms with Crippen molar-refractivity contribution in [2.45, 2.75) is 51.1 Å². The Balaban J connectivity index is 1.82. The summed E-state index contributed by atoms with van der Waals surface area (Å²) in [5, 5.41) is 3.00. The number of sulfonamides is 1. The van der Waals surface area contributed by atoms with Crippen LogP contribution in [-0.2, 0) is 14.8 Å². The van der Waals surface area contributed by atoms with Gasteiger partial charge in [0.05, 0.1) is 11.9 Å². The molecule has 0 unspecified atom stereocenters. The number of hydrogen-bond donors (Lipinski definition) is 1. The van der Waals surface area contributed by atoms with Gasteiger partial charge in [-0.3, -0.25) is 9.10 Å². The highest BCUT2D eigenvalue weighted by atomic mass is 32.2. The minimum absolute atomic E-state index is 0.125. The smallest absolute Gasteiger partial charge is 0.243 e. The fourth-order valence-electron chi connectivity index (χ4n) is 3.55. The standard InChI is InChI=1S/C18H26N2O5S/c1-13(18(21)19-14-6-4-3-5-7-14)20(26(2,22)23)15-8-9-16-17(12-15)25-11-10-24-16/h8-9,12-14H,3-7,10-11H2,1-2H3,(H,19,21)/t13-/m0/s1. The first-order valence-electron chi connectivity index (χ1n) is 9.05. The number of rotatable bonds is 5. The largest absolute Gasteiger partial charge is 0.486 e. The van der Waals surface area contributed by atoms with Crippen LogP contribution in [0.5, 0.6) is 11.5 Å². The molecule has 1 saturated carbocycles. The Bertz CT molecular complexity index is 759. The van der Waals surface area contributed by atoms with Gasteiger partial charge in [0, 0.05) is 12.1 Å². The van der Waals surface area contributed by atoms with E-state index in [1.54, 1.807) is 25.1 Å². The van der Waals surface area contributed by atoms with Crippen LogP contribution in [-0.4, -0.2) is 45.9 Å².